The molecular formula is C40H48ClN5O4S. The molecule has 0 bridgehead atoms. The average Bonchev–Trinajstić information content (AvgIpc) is 3.82. The molecule has 9 nitrogen and oxygen atoms in total. The zero-order chi connectivity index (χ0) is 36.2. The van der Waals surface area contributed by atoms with Crippen LogP contribution in [0.1, 0.15) is 86.9 Å². The van der Waals surface area contributed by atoms with Crippen molar-refractivity contribution in [3.63, 3.8) is 0 Å². The molecule has 3 aromatic carbocycles. The number of carbonyl (C=O) groups is 4. The number of thiazole rings is 1. The lowest BCUT2D eigenvalue weighted by Gasteiger charge is -2.28. The van der Waals surface area contributed by atoms with E-state index in [0.29, 0.717) is 29.4 Å². The highest BCUT2D eigenvalue weighted by Gasteiger charge is 2.36. The Labute approximate surface area is 309 Å². The van der Waals surface area contributed by atoms with Crippen molar-refractivity contribution in [3.8, 4) is 0 Å². The fourth-order valence-corrected chi connectivity index (χ4v) is 8.15. The Morgan fingerprint density at radius 1 is 0.882 bits per heavy atom. The zero-order valence-corrected chi connectivity index (χ0v) is 30.7. The number of nitrogens with one attached hydrogen (secondary N) is 3. The van der Waals surface area contributed by atoms with Crippen molar-refractivity contribution in [3.05, 3.63) is 100 Å². The van der Waals surface area contributed by atoms with Gasteiger partial charge in [-0.25, -0.2) is 4.98 Å². The first kappa shape index (κ1) is 38.1. The molecule has 51 heavy (non-hydrogen) atoms. The summed E-state index contributed by atoms with van der Waals surface area (Å²) in [7, 11) is 0. The van der Waals surface area contributed by atoms with Gasteiger partial charge in [-0.1, -0.05) is 98.5 Å². The van der Waals surface area contributed by atoms with Gasteiger partial charge in [0, 0.05) is 30.2 Å². The Morgan fingerprint density at radius 3 is 2.18 bits per heavy atom. The van der Waals surface area contributed by atoms with Gasteiger partial charge < -0.3 is 21.7 Å². The number of unbranched alkanes of at least 4 members (excludes halogenated alkanes) is 1. The maximum absolute atomic E-state index is 14.3. The second-order valence-electron chi connectivity index (χ2n) is 13.3. The molecule has 4 aromatic rings. The average molecular weight is 730 g/mol. The summed E-state index contributed by atoms with van der Waals surface area (Å²) in [6, 6.07) is 22.9. The molecule has 5 rings (SSSR count). The highest BCUT2D eigenvalue weighted by Crippen LogP contribution is 2.31. The molecule has 1 fully saturated rings. The monoisotopic (exact) mass is 729 g/mol. The van der Waals surface area contributed by atoms with Crippen LogP contribution in [-0.4, -0.2) is 47.1 Å². The number of ketones is 1. The summed E-state index contributed by atoms with van der Waals surface area (Å²) in [6.07, 6.45) is 5.81. The number of nitrogens with zero attached hydrogens (tertiary/aromatic N) is 1. The van der Waals surface area contributed by atoms with Gasteiger partial charge in [-0.2, -0.15) is 0 Å². The minimum absolute atomic E-state index is 0.0151. The van der Waals surface area contributed by atoms with Crippen LogP contribution in [-0.2, 0) is 25.6 Å². The van der Waals surface area contributed by atoms with E-state index < -0.39 is 23.9 Å². The van der Waals surface area contributed by atoms with E-state index in [-0.39, 0.29) is 48.8 Å². The normalized spacial score (nSPS) is 15.0. The molecular weight excluding hydrogens is 682 g/mol. The largest absolute Gasteiger partial charge is 0.345 e. The van der Waals surface area contributed by atoms with Crippen molar-refractivity contribution in [2.24, 2.45) is 17.6 Å². The van der Waals surface area contributed by atoms with Crippen LogP contribution in [0.15, 0.2) is 78.9 Å². The van der Waals surface area contributed by atoms with Crippen LogP contribution in [0.5, 0.6) is 0 Å². The number of rotatable bonds is 18. The summed E-state index contributed by atoms with van der Waals surface area (Å²) >= 11 is 7.61. The highest BCUT2D eigenvalue weighted by molar-refractivity contribution is 7.18. The van der Waals surface area contributed by atoms with Gasteiger partial charge in [0.25, 0.3) is 0 Å². The summed E-state index contributed by atoms with van der Waals surface area (Å²) in [5.41, 5.74) is 8.46. The molecule has 3 atom stereocenters. The van der Waals surface area contributed by atoms with E-state index in [1.165, 1.54) is 11.3 Å². The molecule has 1 saturated carbocycles. The maximum atomic E-state index is 14.3. The molecule has 0 aliphatic heterocycles. The summed E-state index contributed by atoms with van der Waals surface area (Å²) in [5, 5.41) is 10.4. The Kier molecular flexibility index (Phi) is 14.1. The zero-order valence-electron chi connectivity index (χ0n) is 29.1. The third-order valence-corrected chi connectivity index (χ3v) is 10.9. The van der Waals surface area contributed by atoms with Gasteiger partial charge in [-0.3, -0.25) is 19.2 Å². The quantitative estimate of drug-likeness (QED) is 0.0843. The number of fused-ring (bicyclic) bond motifs is 1. The number of Topliss-reactive ketones (excluding diaryl/α,β-unsaturated/α-hetero) is 1. The first-order chi connectivity index (χ1) is 24.7. The van der Waals surface area contributed by atoms with E-state index in [0.717, 1.165) is 53.4 Å². The molecule has 0 saturated heterocycles. The molecule has 1 aromatic heterocycles. The van der Waals surface area contributed by atoms with Crippen LogP contribution in [0.4, 0.5) is 0 Å². The fraction of sp³-hybridized carbons (Fsp3) is 0.425. The standard InChI is InChI=1S/C40H48ClN5O4S/c1-2-35(48)43-32(25-36-44-31-21-20-30(41)24-34(31)51-36)40(50)46-38(28-17-9-10-18-28)33(47)23-29(19-11-12-22-42)39(49)45-37(26-13-5-3-6-14-26)27-15-7-4-8-16-27/h3-8,13-16,20-21,24,28-29,32,37-38H,2,9-12,17-19,22-23,25,42H2,1H3,(H,43,48)(H,45,49)(H,46,50)/t29-,32+,38+/m1/s1. The fourth-order valence-electron chi connectivity index (χ4n) is 6.86. The van der Waals surface area contributed by atoms with Crippen LogP contribution in [0, 0.1) is 11.8 Å². The minimum atomic E-state index is -0.925. The molecule has 3 amide bonds. The highest BCUT2D eigenvalue weighted by atomic mass is 35.5. The second-order valence-corrected chi connectivity index (χ2v) is 14.9. The lowest BCUT2D eigenvalue weighted by molar-refractivity contribution is -0.134. The molecule has 0 unspecified atom stereocenters. The number of hydrogen-bond acceptors (Lipinski definition) is 7. The van der Waals surface area contributed by atoms with E-state index in [4.69, 9.17) is 17.3 Å². The van der Waals surface area contributed by atoms with E-state index in [9.17, 15) is 19.2 Å². The molecule has 0 radical (unpaired) electrons. The molecule has 0 spiro atoms. The Morgan fingerprint density at radius 2 is 1.55 bits per heavy atom. The summed E-state index contributed by atoms with van der Waals surface area (Å²) < 4.78 is 0.887. The van der Waals surface area contributed by atoms with Crippen molar-refractivity contribution in [2.45, 2.75) is 89.3 Å². The van der Waals surface area contributed by atoms with E-state index >= 15 is 0 Å². The predicted octanol–water partition coefficient (Wildman–Crippen LogP) is 6.67. The lowest BCUT2D eigenvalue weighted by atomic mass is 9.86. The van der Waals surface area contributed by atoms with Crippen LogP contribution in [0.3, 0.4) is 0 Å². The van der Waals surface area contributed by atoms with Gasteiger partial charge >= 0.3 is 0 Å². The van der Waals surface area contributed by atoms with Gasteiger partial charge in [-0.15, -0.1) is 11.3 Å². The number of carbonyl (C=O) groups excluding carboxylic acids is 4. The SMILES string of the molecule is CCC(=O)N[C@@H](Cc1nc2ccc(Cl)cc2s1)C(=O)N[C@H](C(=O)C[C@@H](CCCCN)C(=O)NC(c1ccccc1)c1ccccc1)C1CCCC1. The number of halogens is 1. The summed E-state index contributed by atoms with van der Waals surface area (Å²) in [5.74, 6) is -1.75. The number of benzene rings is 3. The first-order valence-corrected chi connectivity index (χ1v) is 19.2. The van der Waals surface area contributed by atoms with Gasteiger partial charge in [0.1, 0.15) is 6.04 Å². The molecule has 1 aliphatic carbocycles. The lowest BCUT2D eigenvalue weighted by Crippen LogP contribution is -2.54. The third-order valence-electron chi connectivity index (χ3n) is 9.64. The van der Waals surface area contributed by atoms with Crippen molar-refractivity contribution in [1.82, 2.24) is 20.9 Å². The van der Waals surface area contributed by atoms with E-state index in [1.54, 1.807) is 13.0 Å². The number of amides is 3. The van der Waals surface area contributed by atoms with E-state index in [1.807, 2.05) is 72.8 Å². The molecule has 270 valence electrons. The molecule has 5 N–H and O–H groups in total. The Balaban J connectivity index is 1.36. The number of aromatic nitrogens is 1. The smallest absolute Gasteiger partial charge is 0.243 e. The van der Waals surface area contributed by atoms with Crippen molar-refractivity contribution in [2.75, 3.05) is 6.54 Å². The van der Waals surface area contributed by atoms with Crippen LogP contribution >= 0.6 is 22.9 Å². The van der Waals surface area contributed by atoms with Crippen LogP contribution < -0.4 is 21.7 Å². The van der Waals surface area contributed by atoms with Crippen LogP contribution in [0.2, 0.25) is 5.02 Å². The number of hydrogen-bond donors (Lipinski definition) is 4. The topological polar surface area (TPSA) is 143 Å². The molecule has 1 heterocycles. The van der Waals surface area contributed by atoms with Gasteiger partial charge in [0.2, 0.25) is 17.7 Å². The van der Waals surface area contributed by atoms with Gasteiger partial charge in [-0.05, 0) is 67.5 Å². The Hall–Kier alpha value is -4.12. The summed E-state index contributed by atoms with van der Waals surface area (Å²) in [6.45, 7) is 2.22. The maximum Gasteiger partial charge on any atom is 0.243 e. The van der Waals surface area contributed by atoms with Crippen molar-refractivity contribution in [1.29, 1.82) is 0 Å². The predicted molar refractivity (Wildman–Crippen MR) is 203 cm³/mol. The first-order valence-electron chi connectivity index (χ1n) is 18.0. The van der Waals surface area contributed by atoms with Gasteiger partial charge in [0.15, 0.2) is 5.78 Å². The van der Waals surface area contributed by atoms with Crippen molar-refractivity contribution >= 4 is 56.7 Å². The summed E-state index contributed by atoms with van der Waals surface area (Å²) in [4.78, 5) is 59.7. The van der Waals surface area contributed by atoms with Crippen LogP contribution in [0.25, 0.3) is 10.2 Å². The Bertz CT molecular complexity index is 1720. The van der Waals surface area contributed by atoms with Crippen molar-refractivity contribution < 1.29 is 19.2 Å². The van der Waals surface area contributed by atoms with Gasteiger partial charge in [0.05, 0.1) is 27.3 Å². The molecule has 11 heteroatoms. The third kappa shape index (κ3) is 10.7. The van der Waals surface area contributed by atoms with E-state index in [2.05, 4.69) is 20.9 Å². The molecule has 1 aliphatic rings. The number of nitrogens with two attached hydrogens (primary N) is 1. The second kappa shape index (κ2) is 18.9. The minimum Gasteiger partial charge on any atom is -0.345 e.